The minimum absolute atomic E-state index is 0.102. The summed E-state index contributed by atoms with van der Waals surface area (Å²) >= 11 is 7.08. The number of alkyl carbamates (subject to hydrolysis) is 1. The Labute approximate surface area is 175 Å². The monoisotopic (exact) mass is 418 g/mol. The molecule has 1 aromatic heterocycles. The van der Waals surface area contributed by atoms with Gasteiger partial charge < -0.3 is 20.1 Å². The van der Waals surface area contributed by atoms with Crippen molar-refractivity contribution in [2.24, 2.45) is 0 Å². The summed E-state index contributed by atoms with van der Waals surface area (Å²) in [4.78, 5) is 14.3. The van der Waals surface area contributed by atoms with Crippen LogP contribution in [0.15, 0.2) is 35.7 Å². The van der Waals surface area contributed by atoms with Crippen molar-refractivity contribution < 1.29 is 14.3 Å². The largest absolute Gasteiger partial charge is 0.481 e. The van der Waals surface area contributed by atoms with Gasteiger partial charge in [0.1, 0.15) is 22.4 Å². The number of rotatable bonds is 5. The summed E-state index contributed by atoms with van der Waals surface area (Å²) in [7, 11) is 0. The van der Waals surface area contributed by atoms with Crippen LogP contribution in [0.25, 0.3) is 0 Å². The summed E-state index contributed by atoms with van der Waals surface area (Å²) in [6.45, 7) is 7.60. The van der Waals surface area contributed by atoms with Crippen molar-refractivity contribution in [3.8, 4) is 5.75 Å². The number of carbonyl (C=O) groups excluding carboxylic acids is 1. The standard InChI is InChI=1S/C21H26N2O3S2/c1-5-17-19(27)22-16-11-13(8-9-18(16)25-17)15(12-14-7-6-10-28-14)23-20(24)26-21(2,3)4/h6-11,15,17H,5,12H2,1-4H3,(H,22,27)(H,23,24). The Bertz CT molecular complexity index is 844. The van der Waals surface area contributed by atoms with Gasteiger partial charge in [-0.2, -0.15) is 0 Å². The van der Waals surface area contributed by atoms with Crippen LogP contribution in [0.3, 0.4) is 0 Å². The third-order valence-electron chi connectivity index (χ3n) is 4.27. The molecule has 150 valence electrons. The van der Waals surface area contributed by atoms with Crippen molar-refractivity contribution >= 4 is 40.3 Å². The molecule has 0 radical (unpaired) electrons. The van der Waals surface area contributed by atoms with E-state index in [2.05, 4.69) is 16.7 Å². The maximum Gasteiger partial charge on any atom is 0.408 e. The first-order valence-electron chi connectivity index (χ1n) is 9.38. The highest BCUT2D eigenvalue weighted by Crippen LogP contribution is 2.34. The Morgan fingerprint density at radius 3 is 2.82 bits per heavy atom. The molecule has 7 heteroatoms. The smallest absolute Gasteiger partial charge is 0.408 e. The SMILES string of the molecule is CCC1Oc2ccc(C(Cc3cccs3)NC(=O)OC(C)(C)C)cc2NC1=S. The molecule has 1 aliphatic rings. The van der Waals surface area contributed by atoms with E-state index in [-0.39, 0.29) is 12.1 Å². The first-order valence-corrected chi connectivity index (χ1v) is 10.7. The van der Waals surface area contributed by atoms with Crippen LogP contribution in [0, 0.1) is 0 Å². The first kappa shape index (κ1) is 20.6. The lowest BCUT2D eigenvalue weighted by Gasteiger charge is -2.29. The average Bonchev–Trinajstić information content (AvgIpc) is 3.11. The second-order valence-electron chi connectivity index (χ2n) is 7.74. The number of hydrogen-bond donors (Lipinski definition) is 2. The van der Waals surface area contributed by atoms with E-state index in [0.29, 0.717) is 11.4 Å². The minimum atomic E-state index is -0.551. The van der Waals surface area contributed by atoms with Crippen molar-refractivity contribution in [2.45, 2.75) is 58.3 Å². The van der Waals surface area contributed by atoms with E-state index >= 15 is 0 Å². The molecule has 0 fully saturated rings. The quantitative estimate of drug-likeness (QED) is 0.631. The lowest BCUT2D eigenvalue weighted by atomic mass is 10.0. The molecule has 0 spiro atoms. The number of benzene rings is 1. The van der Waals surface area contributed by atoms with Crippen molar-refractivity contribution in [2.75, 3.05) is 5.32 Å². The molecule has 0 saturated carbocycles. The van der Waals surface area contributed by atoms with Gasteiger partial charge in [0, 0.05) is 11.3 Å². The number of thiocarbonyl (C=S) groups is 1. The maximum atomic E-state index is 12.4. The summed E-state index contributed by atoms with van der Waals surface area (Å²) in [5, 5.41) is 8.32. The summed E-state index contributed by atoms with van der Waals surface area (Å²) in [5.41, 5.74) is 1.24. The summed E-state index contributed by atoms with van der Waals surface area (Å²) in [6.07, 6.45) is 0.958. The fourth-order valence-corrected chi connectivity index (χ4v) is 4.06. The molecule has 2 aromatic rings. The fraction of sp³-hybridized carbons (Fsp3) is 0.429. The Balaban J connectivity index is 1.84. The Kier molecular flexibility index (Phi) is 6.25. The predicted octanol–water partition coefficient (Wildman–Crippen LogP) is 5.47. The van der Waals surface area contributed by atoms with E-state index in [1.165, 1.54) is 4.88 Å². The van der Waals surface area contributed by atoms with Crippen LogP contribution in [0.1, 0.15) is 50.6 Å². The highest BCUT2D eigenvalue weighted by atomic mass is 32.1. The molecule has 3 rings (SSSR count). The number of amides is 1. The molecule has 5 nitrogen and oxygen atoms in total. The van der Waals surface area contributed by atoms with Crippen LogP contribution in [0.5, 0.6) is 5.75 Å². The molecular weight excluding hydrogens is 392 g/mol. The van der Waals surface area contributed by atoms with Crippen molar-refractivity contribution in [1.29, 1.82) is 0 Å². The predicted molar refractivity (Wildman–Crippen MR) is 118 cm³/mol. The molecule has 0 bridgehead atoms. The van der Waals surface area contributed by atoms with E-state index in [9.17, 15) is 4.79 Å². The molecule has 28 heavy (non-hydrogen) atoms. The topological polar surface area (TPSA) is 59.6 Å². The maximum absolute atomic E-state index is 12.4. The van der Waals surface area contributed by atoms with E-state index in [1.807, 2.05) is 57.3 Å². The Morgan fingerprint density at radius 1 is 1.39 bits per heavy atom. The van der Waals surface area contributed by atoms with Gasteiger partial charge in [-0.25, -0.2) is 4.79 Å². The van der Waals surface area contributed by atoms with Gasteiger partial charge in [-0.05, 0) is 56.3 Å². The van der Waals surface area contributed by atoms with Crippen molar-refractivity contribution in [1.82, 2.24) is 5.32 Å². The normalized spacial score (nSPS) is 17.1. The second-order valence-corrected chi connectivity index (χ2v) is 9.21. The number of anilines is 1. The number of fused-ring (bicyclic) bond motifs is 1. The lowest BCUT2D eigenvalue weighted by Crippen LogP contribution is -2.36. The van der Waals surface area contributed by atoms with Crippen LogP contribution in [-0.2, 0) is 11.2 Å². The lowest BCUT2D eigenvalue weighted by molar-refractivity contribution is 0.0503. The molecule has 0 aliphatic carbocycles. The van der Waals surface area contributed by atoms with E-state index in [1.54, 1.807) is 11.3 Å². The second kappa shape index (κ2) is 8.49. The Hall–Kier alpha value is -2.12. The number of thiophene rings is 1. The van der Waals surface area contributed by atoms with Crippen LogP contribution >= 0.6 is 23.6 Å². The van der Waals surface area contributed by atoms with Gasteiger partial charge in [-0.15, -0.1) is 11.3 Å². The van der Waals surface area contributed by atoms with Crippen LogP contribution in [0.2, 0.25) is 0 Å². The zero-order chi connectivity index (χ0) is 20.3. The van der Waals surface area contributed by atoms with E-state index in [0.717, 1.165) is 23.4 Å². The summed E-state index contributed by atoms with van der Waals surface area (Å²) < 4.78 is 11.4. The van der Waals surface area contributed by atoms with Crippen molar-refractivity contribution in [3.05, 3.63) is 46.2 Å². The molecule has 2 heterocycles. The zero-order valence-electron chi connectivity index (χ0n) is 16.6. The third kappa shape index (κ3) is 5.23. The highest BCUT2D eigenvalue weighted by molar-refractivity contribution is 7.80. The van der Waals surface area contributed by atoms with Gasteiger partial charge >= 0.3 is 6.09 Å². The average molecular weight is 419 g/mol. The fourth-order valence-electron chi connectivity index (χ4n) is 2.99. The van der Waals surface area contributed by atoms with Crippen LogP contribution in [-0.4, -0.2) is 22.8 Å². The molecule has 2 N–H and O–H groups in total. The van der Waals surface area contributed by atoms with Gasteiger partial charge in [0.05, 0.1) is 11.7 Å². The van der Waals surface area contributed by atoms with Gasteiger partial charge in [0.15, 0.2) is 0 Å². The van der Waals surface area contributed by atoms with Gasteiger partial charge in [0.2, 0.25) is 0 Å². The number of nitrogens with one attached hydrogen (secondary N) is 2. The zero-order valence-corrected chi connectivity index (χ0v) is 18.2. The van der Waals surface area contributed by atoms with E-state index in [4.69, 9.17) is 21.7 Å². The van der Waals surface area contributed by atoms with Gasteiger partial charge in [0.25, 0.3) is 0 Å². The first-order chi connectivity index (χ1) is 13.2. The summed E-state index contributed by atoms with van der Waals surface area (Å²) in [5.74, 6) is 0.774. The molecular formula is C21H26N2O3S2. The Morgan fingerprint density at radius 2 is 2.18 bits per heavy atom. The van der Waals surface area contributed by atoms with Crippen LogP contribution in [0.4, 0.5) is 10.5 Å². The highest BCUT2D eigenvalue weighted by Gasteiger charge is 2.26. The number of hydrogen-bond acceptors (Lipinski definition) is 5. The molecule has 1 aliphatic heterocycles. The van der Waals surface area contributed by atoms with E-state index < -0.39 is 11.7 Å². The third-order valence-corrected chi connectivity index (χ3v) is 5.54. The van der Waals surface area contributed by atoms with Gasteiger partial charge in [-0.1, -0.05) is 31.3 Å². The molecule has 2 atom stereocenters. The van der Waals surface area contributed by atoms with Crippen molar-refractivity contribution in [3.63, 3.8) is 0 Å². The molecule has 1 aromatic carbocycles. The summed E-state index contributed by atoms with van der Waals surface area (Å²) in [6, 6.07) is 9.75. The minimum Gasteiger partial charge on any atom is -0.481 e. The van der Waals surface area contributed by atoms with Gasteiger partial charge in [-0.3, -0.25) is 0 Å². The number of ether oxygens (including phenoxy) is 2. The number of carbonyl (C=O) groups is 1. The molecule has 1 amide bonds. The van der Waals surface area contributed by atoms with Crippen LogP contribution < -0.4 is 15.4 Å². The molecule has 2 unspecified atom stereocenters. The molecule has 0 saturated heterocycles.